The summed E-state index contributed by atoms with van der Waals surface area (Å²) < 4.78 is 13.8. The van der Waals surface area contributed by atoms with Crippen LogP contribution in [0.3, 0.4) is 0 Å². The fraction of sp³-hybridized carbons (Fsp3) is 0.333. The Balaban J connectivity index is 1.65. The Hall–Kier alpha value is -2.47. The van der Waals surface area contributed by atoms with Crippen LogP contribution in [0.25, 0.3) is 0 Å². The summed E-state index contributed by atoms with van der Waals surface area (Å²) in [5.41, 5.74) is 2.21. The summed E-state index contributed by atoms with van der Waals surface area (Å²) in [7, 11) is 0. The van der Waals surface area contributed by atoms with Gasteiger partial charge in [0.1, 0.15) is 5.82 Å². The molecule has 1 aromatic carbocycles. The van der Waals surface area contributed by atoms with Crippen LogP contribution < -0.4 is 4.90 Å². The second-order valence-electron chi connectivity index (χ2n) is 5.90. The van der Waals surface area contributed by atoms with Gasteiger partial charge < -0.3 is 14.9 Å². The summed E-state index contributed by atoms with van der Waals surface area (Å²) >= 11 is 0. The summed E-state index contributed by atoms with van der Waals surface area (Å²) in [6.07, 6.45) is 2.11. The standard InChI is InChI=1S/C18H20FN3O2/c1-13-12-20-7-6-16(13)21-8-10-22(11-9-21)18(24)17(23)14-4-2-3-5-15(14)19/h2-7,12,17,23H,8-11H2,1H3/t17-/m1/s1. The highest BCUT2D eigenvalue weighted by Gasteiger charge is 2.28. The van der Waals surface area contributed by atoms with Gasteiger partial charge in [-0.05, 0) is 24.6 Å². The van der Waals surface area contributed by atoms with E-state index in [2.05, 4.69) is 9.88 Å². The summed E-state index contributed by atoms with van der Waals surface area (Å²) in [5, 5.41) is 10.2. The maximum Gasteiger partial charge on any atom is 0.256 e. The monoisotopic (exact) mass is 329 g/mol. The van der Waals surface area contributed by atoms with Crippen molar-refractivity contribution in [1.29, 1.82) is 0 Å². The van der Waals surface area contributed by atoms with Crippen molar-refractivity contribution in [3.8, 4) is 0 Å². The minimum atomic E-state index is -1.46. The number of hydrogen-bond acceptors (Lipinski definition) is 4. The molecule has 1 N–H and O–H groups in total. The lowest BCUT2D eigenvalue weighted by Gasteiger charge is -2.37. The number of nitrogens with zero attached hydrogens (tertiary/aromatic N) is 3. The Kier molecular flexibility index (Phi) is 4.76. The molecule has 126 valence electrons. The highest BCUT2D eigenvalue weighted by molar-refractivity contribution is 5.82. The van der Waals surface area contributed by atoms with E-state index >= 15 is 0 Å². The molecule has 5 nitrogen and oxygen atoms in total. The first-order valence-corrected chi connectivity index (χ1v) is 7.95. The van der Waals surface area contributed by atoms with E-state index in [1.807, 2.05) is 19.2 Å². The van der Waals surface area contributed by atoms with Crippen molar-refractivity contribution in [3.05, 3.63) is 59.7 Å². The fourth-order valence-corrected chi connectivity index (χ4v) is 2.99. The first-order valence-electron chi connectivity index (χ1n) is 7.95. The first kappa shape index (κ1) is 16.4. The first-order chi connectivity index (χ1) is 11.6. The Bertz CT molecular complexity index is 730. The van der Waals surface area contributed by atoms with Crippen LogP contribution in [0, 0.1) is 12.7 Å². The number of piperazine rings is 1. The number of hydrogen-bond donors (Lipinski definition) is 1. The molecule has 0 radical (unpaired) electrons. The van der Waals surface area contributed by atoms with Crippen LogP contribution in [0.2, 0.25) is 0 Å². The lowest BCUT2D eigenvalue weighted by atomic mass is 10.1. The molecule has 1 amide bonds. The zero-order valence-electron chi connectivity index (χ0n) is 13.5. The van der Waals surface area contributed by atoms with Gasteiger partial charge in [-0.3, -0.25) is 9.78 Å². The number of amides is 1. The van der Waals surface area contributed by atoms with E-state index in [-0.39, 0.29) is 5.56 Å². The summed E-state index contributed by atoms with van der Waals surface area (Å²) in [4.78, 5) is 20.3. The van der Waals surface area contributed by atoms with Crippen molar-refractivity contribution in [2.24, 2.45) is 0 Å². The van der Waals surface area contributed by atoms with Crippen molar-refractivity contribution in [1.82, 2.24) is 9.88 Å². The Morgan fingerprint density at radius 1 is 1.21 bits per heavy atom. The molecule has 1 aliphatic heterocycles. The van der Waals surface area contributed by atoms with Crippen molar-refractivity contribution >= 4 is 11.6 Å². The van der Waals surface area contributed by atoms with Crippen LogP contribution in [0.1, 0.15) is 17.2 Å². The van der Waals surface area contributed by atoms with Gasteiger partial charge in [0.15, 0.2) is 6.10 Å². The topological polar surface area (TPSA) is 56.7 Å². The lowest BCUT2D eigenvalue weighted by molar-refractivity contribution is -0.141. The SMILES string of the molecule is Cc1cnccc1N1CCN(C(=O)[C@H](O)c2ccccc2F)CC1. The van der Waals surface area contributed by atoms with E-state index in [9.17, 15) is 14.3 Å². The third kappa shape index (κ3) is 3.23. The molecule has 1 aliphatic rings. The predicted molar refractivity (Wildman–Crippen MR) is 89.1 cm³/mol. The summed E-state index contributed by atoms with van der Waals surface area (Å²) in [6.45, 7) is 4.32. The molecule has 2 heterocycles. The number of carbonyl (C=O) groups is 1. The van der Waals surface area contributed by atoms with Crippen molar-refractivity contribution in [2.45, 2.75) is 13.0 Å². The number of aryl methyl sites for hydroxylation is 1. The Labute approximate surface area is 140 Å². The highest BCUT2D eigenvalue weighted by Crippen LogP contribution is 2.23. The van der Waals surface area contributed by atoms with Crippen LogP contribution in [-0.2, 0) is 4.79 Å². The average molecular weight is 329 g/mol. The van der Waals surface area contributed by atoms with Gasteiger partial charge in [0.05, 0.1) is 0 Å². The Morgan fingerprint density at radius 3 is 2.58 bits per heavy atom. The van der Waals surface area contributed by atoms with Crippen LogP contribution in [-0.4, -0.2) is 47.1 Å². The van der Waals surface area contributed by atoms with Crippen LogP contribution >= 0.6 is 0 Å². The fourth-order valence-electron chi connectivity index (χ4n) is 2.99. The third-order valence-electron chi connectivity index (χ3n) is 4.36. The third-order valence-corrected chi connectivity index (χ3v) is 4.36. The second kappa shape index (κ2) is 6.97. The molecule has 0 saturated carbocycles. The Morgan fingerprint density at radius 2 is 1.92 bits per heavy atom. The molecule has 0 spiro atoms. The minimum Gasteiger partial charge on any atom is -0.378 e. The van der Waals surface area contributed by atoms with E-state index < -0.39 is 17.8 Å². The number of aliphatic hydroxyl groups is 1. The zero-order valence-corrected chi connectivity index (χ0v) is 13.5. The number of rotatable bonds is 3. The molecule has 1 saturated heterocycles. The molecule has 0 unspecified atom stereocenters. The molecule has 6 heteroatoms. The molecule has 1 atom stereocenters. The van der Waals surface area contributed by atoms with E-state index in [0.717, 1.165) is 11.3 Å². The van der Waals surface area contributed by atoms with Gasteiger partial charge in [-0.15, -0.1) is 0 Å². The molecule has 0 aliphatic carbocycles. The maximum absolute atomic E-state index is 13.8. The van der Waals surface area contributed by atoms with Gasteiger partial charge in [-0.2, -0.15) is 0 Å². The lowest BCUT2D eigenvalue weighted by Crippen LogP contribution is -2.50. The molecule has 1 aromatic heterocycles. The van der Waals surface area contributed by atoms with Crippen molar-refractivity contribution in [3.63, 3.8) is 0 Å². The van der Waals surface area contributed by atoms with Crippen molar-refractivity contribution < 1.29 is 14.3 Å². The predicted octanol–water partition coefficient (Wildman–Crippen LogP) is 1.91. The number of benzene rings is 1. The smallest absolute Gasteiger partial charge is 0.256 e. The molecular weight excluding hydrogens is 309 g/mol. The number of anilines is 1. The van der Waals surface area contributed by atoms with Gasteiger partial charge in [0, 0.05) is 49.8 Å². The van der Waals surface area contributed by atoms with Gasteiger partial charge >= 0.3 is 0 Å². The second-order valence-corrected chi connectivity index (χ2v) is 5.90. The van der Waals surface area contributed by atoms with Gasteiger partial charge in [0.25, 0.3) is 5.91 Å². The quantitative estimate of drug-likeness (QED) is 0.935. The van der Waals surface area contributed by atoms with Crippen LogP contribution in [0.5, 0.6) is 0 Å². The largest absolute Gasteiger partial charge is 0.378 e. The number of aromatic nitrogens is 1. The highest BCUT2D eigenvalue weighted by atomic mass is 19.1. The number of pyridine rings is 1. The molecule has 24 heavy (non-hydrogen) atoms. The summed E-state index contributed by atoms with van der Waals surface area (Å²) in [6, 6.07) is 7.79. The number of carbonyl (C=O) groups excluding carboxylic acids is 1. The van der Waals surface area contributed by atoms with Gasteiger partial charge in [-0.1, -0.05) is 18.2 Å². The van der Waals surface area contributed by atoms with Crippen LogP contribution in [0.15, 0.2) is 42.7 Å². The number of aliphatic hydroxyl groups excluding tert-OH is 1. The van der Waals surface area contributed by atoms with E-state index in [1.165, 1.54) is 18.2 Å². The van der Waals surface area contributed by atoms with E-state index in [4.69, 9.17) is 0 Å². The van der Waals surface area contributed by atoms with Crippen molar-refractivity contribution in [2.75, 3.05) is 31.1 Å². The average Bonchev–Trinajstić information content (AvgIpc) is 2.61. The molecule has 2 aromatic rings. The van der Waals surface area contributed by atoms with Gasteiger partial charge in [-0.25, -0.2) is 4.39 Å². The van der Waals surface area contributed by atoms with Gasteiger partial charge in [0.2, 0.25) is 0 Å². The summed E-state index contributed by atoms with van der Waals surface area (Å²) in [5.74, 6) is -1.02. The van der Waals surface area contributed by atoms with E-state index in [1.54, 1.807) is 17.2 Å². The maximum atomic E-state index is 13.8. The molecular formula is C18H20FN3O2. The minimum absolute atomic E-state index is 0.0231. The zero-order chi connectivity index (χ0) is 17.1. The molecule has 3 rings (SSSR count). The number of halogens is 1. The molecule has 0 bridgehead atoms. The molecule has 1 fully saturated rings. The normalized spacial score (nSPS) is 16.1. The van der Waals surface area contributed by atoms with E-state index in [0.29, 0.717) is 26.2 Å². The van der Waals surface area contributed by atoms with Crippen LogP contribution in [0.4, 0.5) is 10.1 Å².